The fourth-order valence-corrected chi connectivity index (χ4v) is 2.67. The lowest BCUT2D eigenvalue weighted by atomic mass is 10.3. The van der Waals surface area contributed by atoms with Gasteiger partial charge in [0, 0.05) is 0 Å². The van der Waals surface area contributed by atoms with E-state index in [-0.39, 0.29) is 4.60 Å². The summed E-state index contributed by atoms with van der Waals surface area (Å²) < 4.78 is 47.0. The van der Waals surface area contributed by atoms with Gasteiger partial charge in [-0.25, -0.2) is 27.3 Å². The number of pyridine rings is 1. The molecule has 4 nitrogen and oxygen atoms in total. The Morgan fingerprint density at radius 1 is 1.53 bits per heavy atom. The van der Waals surface area contributed by atoms with E-state index >= 15 is 0 Å². The molecule has 1 rings (SSSR count). The number of nitrogens with zero attached hydrogens (tertiary/aromatic N) is 1. The lowest BCUT2D eigenvalue weighted by molar-refractivity contribution is 0.147. The number of hydrogen-bond donors (Lipinski definition) is 1. The molecule has 0 bridgehead atoms. The summed E-state index contributed by atoms with van der Waals surface area (Å²) in [5.41, 5.74) is -0.887. The van der Waals surface area contributed by atoms with Crippen molar-refractivity contribution in [3.63, 3.8) is 0 Å². The van der Waals surface area contributed by atoms with Crippen LogP contribution in [0.4, 0.5) is 8.78 Å². The van der Waals surface area contributed by atoms with Crippen molar-refractivity contribution in [1.29, 1.82) is 0 Å². The molecule has 0 radical (unpaired) electrons. The second kappa shape index (κ2) is 4.28. The van der Waals surface area contributed by atoms with E-state index in [1.807, 2.05) is 0 Å². The Bertz CT molecular complexity index is 494. The Kier molecular flexibility index (Phi) is 3.64. The van der Waals surface area contributed by atoms with Gasteiger partial charge in [0.1, 0.15) is 9.76 Å². The highest BCUT2D eigenvalue weighted by Gasteiger charge is 2.25. The molecule has 0 aromatic carbocycles. The quantitative estimate of drug-likeness (QED) is 0.848. The molecule has 0 saturated carbocycles. The summed E-state index contributed by atoms with van der Waals surface area (Å²) in [6.07, 6.45) is -3.06. The highest BCUT2D eigenvalue weighted by Crippen LogP contribution is 2.32. The van der Waals surface area contributed by atoms with E-state index in [4.69, 9.17) is 16.7 Å². The van der Waals surface area contributed by atoms with Gasteiger partial charge in [-0.15, -0.1) is 0 Å². The van der Waals surface area contributed by atoms with Crippen molar-refractivity contribution in [2.45, 2.75) is 11.3 Å². The second-order valence-corrected chi connectivity index (χ2v) is 5.19. The summed E-state index contributed by atoms with van der Waals surface area (Å²) in [6.45, 7) is 0. The van der Waals surface area contributed by atoms with E-state index in [0.717, 1.165) is 6.07 Å². The average molecular weight is 322 g/mol. The number of aromatic nitrogens is 1. The van der Waals surface area contributed by atoms with Gasteiger partial charge in [0.15, 0.2) is 0 Å². The molecule has 0 saturated heterocycles. The lowest BCUT2D eigenvalue weighted by Gasteiger charge is -2.08. The predicted molar refractivity (Wildman–Crippen MR) is 53.3 cm³/mol. The van der Waals surface area contributed by atoms with Crippen LogP contribution in [0.1, 0.15) is 12.0 Å². The van der Waals surface area contributed by atoms with Crippen molar-refractivity contribution in [2.75, 3.05) is 0 Å². The zero-order chi connectivity index (χ0) is 11.8. The average Bonchev–Trinajstić information content (AvgIpc) is 1.99. The first-order chi connectivity index (χ1) is 6.73. The van der Waals surface area contributed by atoms with Crippen LogP contribution in [0, 0.1) is 0 Å². The minimum absolute atomic E-state index is 0.0147. The molecule has 0 aliphatic rings. The molecule has 0 aliphatic carbocycles. The maximum atomic E-state index is 12.5. The normalized spacial score (nSPS) is 12.1. The van der Waals surface area contributed by atoms with E-state index in [9.17, 15) is 17.2 Å². The van der Waals surface area contributed by atoms with Gasteiger partial charge in [-0.3, -0.25) is 0 Å². The molecule has 0 amide bonds. The van der Waals surface area contributed by atoms with Crippen molar-refractivity contribution < 1.29 is 17.2 Å². The highest BCUT2D eigenvalue weighted by atomic mass is 79.9. The van der Waals surface area contributed by atoms with Crippen molar-refractivity contribution >= 4 is 37.6 Å². The first-order valence-electron chi connectivity index (χ1n) is 3.40. The third-order valence-corrected chi connectivity index (χ3v) is 3.11. The maximum absolute atomic E-state index is 12.5. The lowest BCUT2D eigenvalue weighted by Crippen LogP contribution is -2.15. The molecular formula is C6H4BrClF2N2O2S. The Hall–Kier alpha value is -0.310. The number of primary sulfonamides is 1. The van der Waals surface area contributed by atoms with Crippen LogP contribution < -0.4 is 5.14 Å². The van der Waals surface area contributed by atoms with Crippen LogP contribution in [-0.2, 0) is 10.0 Å². The molecular weight excluding hydrogens is 317 g/mol. The zero-order valence-corrected chi connectivity index (χ0v) is 10.1. The van der Waals surface area contributed by atoms with Crippen LogP contribution >= 0.6 is 27.5 Å². The van der Waals surface area contributed by atoms with Crippen molar-refractivity contribution in [3.8, 4) is 0 Å². The molecule has 2 N–H and O–H groups in total. The first-order valence-corrected chi connectivity index (χ1v) is 6.12. The summed E-state index contributed by atoms with van der Waals surface area (Å²) in [5.74, 6) is 0. The molecule has 0 spiro atoms. The molecule has 0 unspecified atom stereocenters. The van der Waals surface area contributed by atoms with Gasteiger partial charge in [0.25, 0.3) is 6.43 Å². The van der Waals surface area contributed by atoms with Crippen molar-refractivity contribution in [1.82, 2.24) is 4.98 Å². The summed E-state index contributed by atoms with van der Waals surface area (Å²) in [6, 6.07) is 0.878. The number of sulfonamides is 1. The van der Waals surface area contributed by atoms with E-state index < -0.39 is 32.1 Å². The van der Waals surface area contributed by atoms with Gasteiger partial charge in [0.2, 0.25) is 10.0 Å². The number of rotatable bonds is 2. The van der Waals surface area contributed by atoms with Crippen LogP contribution in [-0.4, -0.2) is 13.4 Å². The SMILES string of the molecule is NS(=O)(=O)c1cc(Br)nc(Cl)c1C(F)F. The van der Waals surface area contributed by atoms with E-state index in [0.29, 0.717) is 0 Å². The Morgan fingerprint density at radius 2 is 2.07 bits per heavy atom. The monoisotopic (exact) mass is 320 g/mol. The van der Waals surface area contributed by atoms with Gasteiger partial charge >= 0.3 is 0 Å². The molecule has 1 aromatic heterocycles. The molecule has 0 aliphatic heterocycles. The number of hydrogen-bond acceptors (Lipinski definition) is 3. The Labute approximate surface area is 97.6 Å². The van der Waals surface area contributed by atoms with Crippen LogP contribution in [0.5, 0.6) is 0 Å². The number of alkyl halides is 2. The fourth-order valence-electron chi connectivity index (χ4n) is 0.907. The first kappa shape index (κ1) is 12.8. The maximum Gasteiger partial charge on any atom is 0.268 e. The van der Waals surface area contributed by atoms with Gasteiger partial charge in [-0.1, -0.05) is 11.6 Å². The summed E-state index contributed by atoms with van der Waals surface area (Å²) in [5, 5.41) is 4.17. The molecule has 0 atom stereocenters. The topological polar surface area (TPSA) is 73.1 Å². The van der Waals surface area contributed by atoms with Crippen molar-refractivity contribution in [2.24, 2.45) is 5.14 Å². The number of halogens is 4. The van der Waals surface area contributed by atoms with E-state index in [1.54, 1.807) is 0 Å². The van der Waals surface area contributed by atoms with Gasteiger partial charge in [0.05, 0.1) is 10.5 Å². The Balaban J connectivity index is 3.62. The van der Waals surface area contributed by atoms with E-state index in [2.05, 4.69) is 20.9 Å². The third-order valence-electron chi connectivity index (χ3n) is 1.47. The molecule has 1 heterocycles. The number of nitrogens with two attached hydrogens (primary N) is 1. The summed E-state index contributed by atoms with van der Waals surface area (Å²) in [4.78, 5) is 2.72. The minimum Gasteiger partial charge on any atom is -0.229 e. The molecule has 84 valence electrons. The van der Waals surface area contributed by atoms with Gasteiger partial charge in [-0.05, 0) is 22.0 Å². The van der Waals surface area contributed by atoms with Crippen molar-refractivity contribution in [3.05, 3.63) is 21.4 Å². The molecule has 0 fully saturated rings. The zero-order valence-electron chi connectivity index (χ0n) is 6.92. The summed E-state index contributed by atoms with van der Waals surface area (Å²) in [7, 11) is -4.26. The van der Waals surface area contributed by atoms with Gasteiger partial charge < -0.3 is 0 Å². The van der Waals surface area contributed by atoms with Crippen LogP contribution in [0.2, 0.25) is 5.15 Å². The van der Waals surface area contributed by atoms with Gasteiger partial charge in [-0.2, -0.15) is 0 Å². The smallest absolute Gasteiger partial charge is 0.229 e. The van der Waals surface area contributed by atoms with Crippen LogP contribution in [0.15, 0.2) is 15.6 Å². The summed E-state index contributed by atoms with van der Waals surface area (Å²) >= 11 is 8.22. The fraction of sp³-hybridized carbons (Fsp3) is 0.167. The van der Waals surface area contributed by atoms with E-state index in [1.165, 1.54) is 0 Å². The van der Waals surface area contributed by atoms with Crippen LogP contribution in [0.3, 0.4) is 0 Å². The van der Waals surface area contributed by atoms with Crippen LogP contribution in [0.25, 0.3) is 0 Å². The largest absolute Gasteiger partial charge is 0.268 e. The second-order valence-electron chi connectivity index (χ2n) is 2.49. The molecule has 9 heteroatoms. The third kappa shape index (κ3) is 2.83. The predicted octanol–water partition coefficient (Wildman–Crippen LogP) is 2.08. The standard InChI is InChI=1S/C6H4BrClF2N2O2S/c7-3-1-2(15(11,13)14)4(6(9)10)5(8)12-3/h1,6H,(H2,11,13,14). The highest BCUT2D eigenvalue weighted by molar-refractivity contribution is 9.10. The molecule has 15 heavy (non-hydrogen) atoms. The molecule has 1 aromatic rings. The Morgan fingerprint density at radius 3 is 2.47 bits per heavy atom. The minimum atomic E-state index is -4.26.